The zero-order valence-electron chi connectivity index (χ0n) is 15.9. The summed E-state index contributed by atoms with van der Waals surface area (Å²) in [6.07, 6.45) is 9.09. The molecular formula is C19H37NO4. The minimum atomic E-state index is -0.135. The molecule has 5 nitrogen and oxygen atoms in total. The van der Waals surface area contributed by atoms with E-state index in [-0.39, 0.29) is 11.9 Å². The van der Waals surface area contributed by atoms with E-state index in [1.807, 2.05) is 0 Å². The summed E-state index contributed by atoms with van der Waals surface area (Å²) in [6, 6.07) is 0.498. The minimum Gasteiger partial charge on any atom is -0.467 e. The summed E-state index contributed by atoms with van der Waals surface area (Å²) >= 11 is 0. The predicted molar refractivity (Wildman–Crippen MR) is 96.8 cm³/mol. The molecule has 0 saturated carbocycles. The lowest BCUT2D eigenvalue weighted by molar-refractivity contribution is -0.146. The second-order valence-electron chi connectivity index (χ2n) is 6.75. The van der Waals surface area contributed by atoms with Gasteiger partial charge < -0.3 is 14.8 Å². The maximum Gasteiger partial charge on any atom is 0.305 e. The average Bonchev–Trinajstić information content (AvgIpc) is 2.55. The van der Waals surface area contributed by atoms with E-state index in [0.717, 1.165) is 38.6 Å². The Balaban J connectivity index is 3.83. The van der Waals surface area contributed by atoms with Crippen LogP contribution < -0.4 is 5.32 Å². The average molecular weight is 344 g/mol. The number of hydrogen-bond acceptors (Lipinski definition) is 5. The Morgan fingerprint density at radius 2 is 1.79 bits per heavy atom. The fourth-order valence-corrected chi connectivity index (χ4v) is 2.49. The van der Waals surface area contributed by atoms with E-state index in [1.165, 1.54) is 19.3 Å². The number of rotatable bonds is 17. The Kier molecular flexibility index (Phi) is 16.0. The molecule has 0 amide bonds. The van der Waals surface area contributed by atoms with Gasteiger partial charge in [-0.1, -0.05) is 52.9 Å². The number of unbranched alkanes of at least 4 members (excludes halogenated alkanes) is 5. The fraction of sp³-hybridized carbons (Fsp3) is 0.895. The van der Waals surface area contributed by atoms with E-state index in [0.29, 0.717) is 32.1 Å². The van der Waals surface area contributed by atoms with Gasteiger partial charge in [-0.15, -0.1) is 0 Å². The van der Waals surface area contributed by atoms with E-state index in [1.54, 1.807) is 0 Å². The van der Waals surface area contributed by atoms with Gasteiger partial charge >= 0.3 is 5.97 Å². The second kappa shape index (κ2) is 16.7. The van der Waals surface area contributed by atoms with Crippen LogP contribution in [0.25, 0.3) is 0 Å². The number of nitrogens with one attached hydrogen (secondary N) is 1. The van der Waals surface area contributed by atoms with Crippen molar-refractivity contribution in [2.24, 2.45) is 5.92 Å². The van der Waals surface area contributed by atoms with E-state index in [9.17, 15) is 9.59 Å². The zero-order chi connectivity index (χ0) is 18.0. The summed E-state index contributed by atoms with van der Waals surface area (Å²) < 4.78 is 10.2. The first-order valence-corrected chi connectivity index (χ1v) is 9.54. The van der Waals surface area contributed by atoms with Gasteiger partial charge in [0.05, 0.1) is 13.2 Å². The molecule has 0 heterocycles. The van der Waals surface area contributed by atoms with Crippen LogP contribution in [0.4, 0.5) is 0 Å². The fourth-order valence-electron chi connectivity index (χ4n) is 2.49. The molecule has 0 saturated heterocycles. The van der Waals surface area contributed by atoms with Crippen molar-refractivity contribution >= 4 is 12.4 Å². The lowest BCUT2D eigenvalue weighted by Crippen LogP contribution is -2.24. The lowest BCUT2D eigenvalue weighted by atomic mass is 10.0. The van der Waals surface area contributed by atoms with Crippen molar-refractivity contribution < 1.29 is 19.1 Å². The molecule has 5 heteroatoms. The van der Waals surface area contributed by atoms with Crippen LogP contribution in [0.1, 0.15) is 78.6 Å². The Hall–Kier alpha value is -1.10. The summed E-state index contributed by atoms with van der Waals surface area (Å²) in [5.41, 5.74) is 0. The van der Waals surface area contributed by atoms with Gasteiger partial charge in [0, 0.05) is 18.4 Å². The lowest BCUT2D eigenvalue weighted by Gasteiger charge is -2.16. The van der Waals surface area contributed by atoms with Crippen LogP contribution in [-0.4, -0.2) is 38.2 Å². The number of carbonyl (C=O) groups is 2. The first-order chi connectivity index (χ1) is 11.6. The molecule has 0 fully saturated rings. The highest BCUT2D eigenvalue weighted by Crippen LogP contribution is 2.11. The van der Waals surface area contributed by atoms with E-state index in [4.69, 9.17) is 9.47 Å². The number of ether oxygens (including phenoxy) is 2. The molecule has 0 aromatic heterocycles. The summed E-state index contributed by atoms with van der Waals surface area (Å²) in [7, 11) is 0. The van der Waals surface area contributed by atoms with Crippen molar-refractivity contribution in [3.05, 3.63) is 0 Å². The maximum atomic E-state index is 11.8. The van der Waals surface area contributed by atoms with Crippen LogP contribution in [0.15, 0.2) is 0 Å². The normalized spacial score (nSPS) is 12.2. The third-order valence-corrected chi connectivity index (χ3v) is 3.96. The highest BCUT2D eigenvalue weighted by molar-refractivity contribution is 5.69. The summed E-state index contributed by atoms with van der Waals surface area (Å²) in [6.45, 7) is 8.54. The van der Waals surface area contributed by atoms with Gasteiger partial charge in [0.25, 0.3) is 6.47 Å². The van der Waals surface area contributed by atoms with E-state index < -0.39 is 0 Å². The summed E-state index contributed by atoms with van der Waals surface area (Å²) in [4.78, 5) is 22.1. The quantitative estimate of drug-likeness (QED) is 0.247. The maximum absolute atomic E-state index is 11.8. The molecule has 0 aromatic carbocycles. The van der Waals surface area contributed by atoms with Crippen LogP contribution in [0.5, 0.6) is 0 Å². The van der Waals surface area contributed by atoms with Crippen molar-refractivity contribution in [1.29, 1.82) is 0 Å². The van der Waals surface area contributed by atoms with Crippen LogP contribution >= 0.6 is 0 Å². The highest BCUT2D eigenvalue weighted by atomic mass is 16.5. The molecular weight excluding hydrogens is 306 g/mol. The first-order valence-electron chi connectivity index (χ1n) is 9.54. The SMILES string of the molecule is CCCCCCCC(=O)OCC(CCCCNC(C)C)COC=O. The van der Waals surface area contributed by atoms with Crippen LogP contribution in [0.2, 0.25) is 0 Å². The van der Waals surface area contributed by atoms with E-state index >= 15 is 0 Å². The largest absolute Gasteiger partial charge is 0.467 e. The summed E-state index contributed by atoms with van der Waals surface area (Å²) in [5, 5.41) is 3.38. The minimum absolute atomic E-state index is 0.0956. The first kappa shape index (κ1) is 22.9. The smallest absolute Gasteiger partial charge is 0.305 e. The molecule has 1 N–H and O–H groups in total. The number of carbonyl (C=O) groups excluding carboxylic acids is 2. The number of hydrogen-bond donors (Lipinski definition) is 1. The standard InChI is InChI=1S/C19H37NO4/c1-4-5-6-7-8-12-19(22)24-15-18(14-23-16-21)11-9-10-13-20-17(2)3/h16-18,20H,4-15H2,1-3H3. The second-order valence-corrected chi connectivity index (χ2v) is 6.75. The van der Waals surface area contributed by atoms with Crippen molar-refractivity contribution in [1.82, 2.24) is 5.32 Å². The predicted octanol–water partition coefficient (Wildman–Crippen LogP) is 3.85. The van der Waals surface area contributed by atoms with Gasteiger partial charge in [-0.3, -0.25) is 9.59 Å². The molecule has 1 unspecified atom stereocenters. The molecule has 0 spiro atoms. The molecule has 0 rings (SSSR count). The Bertz CT molecular complexity index is 308. The molecule has 0 aliphatic carbocycles. The van der Waals surface area contributed by atoms with Gasteiger partial charge in [-0.05, 0) is 25.8 Å². The van der Waals surface area contributed by atoms with Gasteiger partial charge in [0.2, 0.25) is 0 Å². The molecule has 0 bridgehead atoms. The van der Waals surface area contributed by atoms with Crippen molar-refractivity contribution in [2.45, 2.75) is 84.6 Å². The van der Waals surface area contributed by atoms with Gasteiger partial charge in [-0.25, -0.2) is 0 Å². The molecule has 0 aliphatic rings. The third kappa shape index (κ3) is 15.8. The van der Waals surface area contributed by atoms with Gasteiger partial charge in [-0.2, -0.15) is 0 Å². The van der Waals surface area contributed by atoms with Crippen LogP contribution in [-0.2, 0) is 19.1 Å². The van der Waals surface area contributed by atoms with E-state index in [2.05, 4.69) is 26.1 Å². The van der Waals surface area contributed by atoms with Crippen molar-refractivity contribution in [3.63, 3.8) is 0 Å². The Labute approximate surface area is 147 Å². The molecule has 0 aliphatic heterocycles. The Morgan fingerprint density at radius 1 is 1.04 bits per heavy atom. The number of esters is 1. The highest BCUT2D eigenvalue weighted by Gasteiger charge is 2.13. The molecule has 0 aromatic rings. The van der Waals surface area contributed by atoms with Gasteiger partial charge in [0.1, 0.15) is 0 Å². The van der Waals surface area contributed by atoms with Crippen molar-refractivity contribution in [2.75, 3.05) is 19.8 Å². The van der Waals surface area contributed by atoms with Crippen LogP contribution in [0, 0.1) is 5.92 Å². The molecule has 24 heavy (non-hydrogen) atoms. The zero-order valence-corrected chi connectivity index (χ0v) is 15.9. The monoisotopic (exact) mass is 343 g/mol. The Morgan fingerprint density at radius 3 is 2.46 bits per heavy atom. The molecule has 1 atom stereocenters. The summed E-state index contributed by atoms with van der Waals surface area (Å²) in [5.74, 6) is -0.0395. The molecule has 142 valence electrons. The van der Waals surface area contributed by atoms with Crippen LogP contribution in [0.3, 0.4) is 0 Å². The third-order valence-electron chi connectivity index (χ3n) is 3.96. The van der Waals surface area contributed by atoms with Crippen molar-refractivity contribution in [3.8, 4) is 0 Å². The topological polar surface area (TPSA) is 64.6 Å². The van der Waals surface area contributed by atoms with Gasteiger partial charge in [0.15, 0.2) is 0 Å². The molecule has 0 radical (unpaired) electrons.